The molecule has 0 aliphatic heterocycles. The zero-order valence-corrected chi connectivity index (χ0v) is 12.2. The molecule has 0 radical (unpaired) electrons. The monoisotopic (exact) mass is 278 g/mol. The van der Waals surface area contributed by atoms with E-state index < -0.39 is 5.97 Å². The molecular formula is C15H22N2O3. The molecule has 20 heavy (non-hydrogen) atoms. The predicted molar refractivity (Wildman–Crippen MR) is 78.8 cm³/mol. The topological polar surface area (TPSA) is 78.4 Å². The summed E-state index contributed by atoms with van der Waals surface area (Å²) < 4.78 is 0. The molecule has 0 spiro atoms. The predicted octanol–water partition coefficient (Wildman–Crippen LogP) is 2.03. The summed E-state index contributed by atoms with van der Waals surface area (Å²) >= 11 is 0. The Hall–Kier alpha value is -1.88. The van der Waals surface area contributed by atoms with Crippen molar-refractivity contribution < 1.29 is 14.7 Å². The molecule has 0 saturated carbocycles. The number of carboxylic acids is 1. The minimum atomic E-state index is -0.886. The molecule has 110 valence electrons. The molecule has 0 aliphatic carbocycles. The van der Waals surface area contributed by atoms with Crippen LogP contribution in [0.25, 0.3) is 0 Å². The van der Waals surface area contributed by atoms with Crippen molar-refractivity contribution in [3.63, 3.8) is 0 Å². The summed E-state index contributed by atoms with van der Waals surface area (Å²) in [5.74, 6) is -0.975. The third-order valence-corrected chi connectivity index (χ3v) is 2.57. The van der Waals surface area contributed by atoms with Crippen LogP contribution in [0.5, 0.6) is 0 Å². The van der Waals surface area contributed by atoms with Gasteiger partial charge in [0.25, 0.3) is 0 Å². The SMILES string of the molecule is CC(C)(C)NCCC(=O)Nc1cccc(CC(=O)O)c1. The van der Waals surface area contributed by atoms with E-state index >= 15 is 0 Å². The second kappa shape index (κ2) is 7.05. The van der Waals surface area contributed by atoms with Crippen LogP contribution < -0.4 is 10.6 Å². The number of nitrogens with one attached hydrogen (secondary N) is 2. The van der Waals surface area contributed by atoms with E-state index in [2.05, 4.69) is 10.6 Å². The summed E-state index contributed by atoms with van der Waals surface area (Å²) in [7, 11) is 0. The lowest BCUT2D eigenvalue weighted by atomic mass is 10.1. The number of carbonyl (C=O) groups is 2. The Morgan fingerprint density at radius 1 is 1.25 bits per heavy atom. The van der Waals surface area contributed by atoms with Crippen molar-refractivity contribution in [2.75, 3.05) is 11.9 Å². The number of carboxylic acid groups (broad SMARTS) is 1. The Kier molecular flexibility index (Phi) is 5.70. The Bertz CT molecular complexity index is 478. The molecule has 0 aromatic heterocycles. The Labute approximate surface area is 119 Å². The molecule has 0 heterocycles. The van der Waals surface area contributed by atoms with E-state index in [1.165, 1.54) is 0 Å². The van der Waals surface area contributed by atoms with E-state index in [1.807, 2.05) is 20.8 Å². The summed E-state index contributed by atoms with van der Waals surface area (Å²) in [5, 5.41) is 14.7. The lowest BCUT2D eigenvalue weighted by Gasteiger charge is -2.20. The van der Waals surface area contributed by atoms with Crippen LogP contribution in [-0.4, -0.2) is 29.1 Å². The van der Waals surface area contributed by atoms with Crippen molar-refractivity contribution in [2.45, 2.75) is 39.2 Å². The molecule has 0 atom stereocenters. The maximum Gasteiger partial charge on any atom is 0.307 e. The highest BCUT2D eigenvalue weighted by molar-refractivity contribution is 5.91. The molecular weight excluding hydrogens is 256 g/mol. The Morgan fingerprint density at radius 2 is 1.95 bits per heavy atom. The largest absolute Gasteiger partial charge is 0.481 e. The van der Waals surface area contributed by atoms with Gasteiger partial charge in [0.15, 0.2) is 0 Å². The summed E-state index contributed by atoms with van der Waals surface area (Å²) in [6.07, 6.45) is 0.329. The van der Waals surface area contributed by atoms with Crippen LogP contribution in [0.1, 0.15) is 32.8 Å². The number of rotatable bonds is 6. The first-order valence-corrected chi connectivity index (χ1v) is 6.62. The first-order chi connectivity index (χ1) is 9.26. The zero-order chi connectivity index (χ0) is 15.2. The van der Waals surface area contributed by atoms with Gasteiger partial charge in [0.1, 0.15) is 0 Å². The number of amides is 1. The fourth-order valence-electron chi connectivity index (χ4n) is 1.71. The highest BCUT2D eigenvalue weighted by Gasteiger charge is 2.10. The van der Waals surface area contributed by atoms with Crippen LogP contribution in [0, 0.1) is 0 Å². The molecule has 0 fully saturated rings. The van der Waals surface area contributed by atoms with Crippen LogP contribution >= 0.6 is 0 Å². The standard InChI is InChI=1S/C15H22N2O3/c1-15(2,3)16-8-7-13(18)17-12-6-4-5-11(9-12)10-14(19)20/h4-6,9,16H,7-8,10H2,1-3H3,(H,17,18)(H,19,20). The van der Waals surface area contributed by atoms with Gasteiger partial charge in [0, 0.05) is 24.2 Å². The quantitative estimate of drug-likeness (QED) is 0.744. The zero-order valence-electron chi connectivity index (χ0n) is 12.2. The van der Waals surface area contributed by atoms with Gasteiger partial charge in [0.05, 0.1) is 6.42 Å². The van der Waals surface area contributed by atoms with Gasteiger partial charge in [-0.1, -0.05) is 12.1 Å². The molecule has 5 nitrogen and oxygen atoms in total. The minimum absolute atomic E-state index is 0.0122. The second-order valence-electron chi connectivity index (χ2n) is 5.75. The van der Waals surface area contributed by atoms with Crippen molar-refractivity contribution in [1.82, 2.24) is 5.32 Å². The number of aliphatic carboxylic acids is 1. The lowest BCUT2D eigenvalue weighted by Crippen LogP contribution is -2.37. The van der Waals surface area contributed by atoms with Crippen molar-refractivity contribution in [3.05, 3.63) is 29.8 Å². The molecule has 1 aromatic carbocycles. The number of benzene rings is 1. The maximum atomic E-state index is 11.8. The number of hydrogen-bond donors (Lipinski definition) is 3. The van der Waals surface area contributed by atoms with Gasteiger partial charge >= 0.3 is 5.97 Å². The summed E-state index contributed by atoms with van der Waals surface area (Å²) in [4.78, 5) is 22.4. The molecule has 0 aliphatic rings. The molecule has 0 saturated heterocycles. The highest BCUT2D eigenvalue weighted by atomic mass is 16.4. The van der Waals surface area contributed by atoms with Crippen molar-refractivity contribution >= 4 is 17.6 Å². The smallest absolute Gasteiger partial charge is 0.307 e. The average Bonchev–Trinajstić information content (AvgIpc) is 2.26. The minimum Gasteiger partial charge on any atom is -0.481 e. The second-order valence-corrected chi connectivity index (χ2v) is 5.75. The van der Waals surface area contributed by atoms with E-state index in [9.17, 15) is 9.59 Å². The molecule has 1 aromatic rings. The van der Waals surface area contributed by atoms with E-state index in [4.69, 9.17) is 5.11 Å². The molecule has 3 N–H and O–H groups in total. The van der Waals surface area contributed by atoms with E-state index in [0.29, 0.717) is 24.2 Å². The van der Waals surface area contributed by atoms with Crippen LogP contribution in [0.2, 0.25) is 0 Å². The Morgan fingerprint density at radius 3 is 2.55 bits per heavy atom. The van der Waals surface area contributed by atoms with Gasteiger partial charge in [-0.15, -0.1) is 0 Å². The van der Waals surface area contributed by atoms with Crippen LogP contribution in [0.3, 0.4) is 0 Å². The summed E-state index contributed by atoms with van der Waals surface area (Å²) in [6.45, 7) is 6.73. The van der Waals surface area contributed by atoms with Crippen LogP contribution in [0.15, 0.2) is 24.3 Å². The number of anilines is 1. The third-order valence-electron chi connectivity index (χ3n) is 2.57. The molecule has 0 bridgehead atoms. The van der Waals surface area contributed by atoms with Gasteiger partial charge in [0.2, 0.25) is 5.91 Å². The van der Waals surface area contributed by atoms with Gasteiger partial charge < -0.3 is 15.7 Å². The molecule has 5 heteroatoms. The lowest BCUT2D eigenvalue weighted by molar-refractivity contribution is -0.136. The maximum absolute atomic E-state index is 11.8. The van der Waals surface area contributed by atoms with Crippen molar-refractivity contribution in [2.24, 2.45) is 0 Å². The average molecular weight is 278 g/mol. The highest BCUT2D eigenvalue weighted by Crippen LogP contribution is 2.11. The fraction of sp³-hybridized carbons (Fsp3) is 0.467. The normalized spacial score (nSPS) is 11.2. The van der Waals surface area contributed by atoms with Gasteiger partial charge in [-0.3, -0.25) is 9.59 Å². The van der Waals surface area contributed by atoms with Crippen LogP contribution in [0.4, 0.5) is 5.69 Å². The van der Waals surface area contributed by atoms with Crippen LogP contribution in [-0.2, 0) is 16.0 Å². The van der Waals surface area contributed by atoms with E-state index in [-0.39, 0.29) is 17.9 Å². The van der Waals surface area contributed by atoms with E-state index in [1.54, 1.807) is 24.3 Å². The number of carbonyl (C=O) groups excluding carboxylic acids is 1. The van der Waals surface area contributed by atoms with Crippen molar-refractivity contribution in [1.29, 1.82) is 0 Å². The third kappa shape index (κ3) is 6.89. The number of hydrogen-bond acceptors (Lipinski definition) is 3. The molecule has 1 amide bonds. The summed E-state index contributed by atoms with van der Waals surface area (Å²) in [5.41, 5.74) is 1.29. The summed E-state index contributed by atoms with van der Waals surface area (Å²) in [6, 6.07) is 6.90. The first-order valence-electron chi connectivity index (χ1n) is 6.62. The fourth-order valence-corrected chi connectivity index (χ4v) is 1.71. The van der Waals surface area contributed by atoms with Gasteiger partial charge in [-0.05, 0) is 38.5 Å². The van der Waals surface area contributed by atoms with Gasteiger partial charge in [-0.25, -0.2) is 0 Å². The van der Waals surface area contributed by atoms with Crippen molar-refractivity contribution in [3.8, 4) is 0 Å². The van der Waals surface area contributed by atoms with E-state index in [0.717, 1.165) is 0 Å². The Balaban J connectivity index is 2.47. The molecule has 1 rings (SSSR count). The first kappa shape index (κ1) is 16.2. The molecule has 0 unspecified atom stereocenters. The van der Waals surface area contributed by atoms with Gasteiger partial charge in [-0.2, -0.15) is 0 Å².